The minimum absolute atomic E-state index is 0.128. The van der Waals surface area contributed by atoms with Gasteiger partial charge in [0.05, 0.1) is 5.56 Å². The molecule has 0 aliphatic carbocycles. The number of thioether (sulfide) groups is 1. The van der Waals surface area contributed by atoms with E-state index in [0.717, 1.165) is 0 Å². The average molecular weight is 281 g/mol. The molecular weight excluding hydrogens is 272 g/mol. The van der Waals surface area contributed by atoms with Crippen molar-refractivity contribution < 1.29 is 4.79 Å². The summed E-state index contributed by atoms with van der Waals surface area (Å²) in [5, 5.41) is 3.27. The first-order valence-corrected chi connectivity index (χ1v) is 6.60. The smallest absolute Gasteiger partial charge is 0.261 e. The number of rotatable bonds is 3. The highest BCUT2D eigenvalue weighted by atomic mass is 35.5. The highest BCUT2D eigenvalue weighted by Crippen LogP contribution is 2.17. The molecule has 0 aliphatic heterocycles. The summed E-state index contributed by atoms with van der Waals surface area (Å²) in [5.41, 5.74) is 0.222. The largest absolute Gasteiger partial charge is 0.306 e. The summed E-state index contributed by atoms with van der Waals surface area (Å²) in [6, 6.07) is 5.22. The van der Waals surface area contributed by atoms with E-state index in [9.17, 15) is 4.79 Å². The van der Waals surface area contributed by atoms with Crippen LogP contribution in [0.3, 0.4) is 0 Å². The standard InChI is InChI=1S/C11H9ClN4OS/c1-18-11-14-6-7(9(12)16-11)10(17)15-8-4-2-3-5-13-8/h2-6H,1H3,(H,13,15,17). The number of aromatic nitrogens is 3. The van der Waals surface area contributed by atoms with Crippen LogP contribution in [-0.4, -0.2) is 27.1 Å². The third-order valence-corrected chi connectivity index (χ3v) is 2.90. The Morgan fingerprint density at radius 3 is 2.83 bits per heavy atom. The van der Waals surface area contributed by atoms with Crippen LogP contribution in [0.4, 0.5) is 5.82 Å². The van der Waals surface area contributed by atoms with Gasteiger partial charge in [0.25, 0.3) is 5.91 Å². The van der Waals surface area contributed by atoms with E-state index in [1.807, 2.05) is 6.26 Å². The van der Waals surface area contributed by atoms with Crippen LogP contribution >= 0.6 is 23.4 Å². The van der Waals surface area contributed by atoms with Crippen LogP contribution in [0.25, 0.3) is 0 Å². The second-order valence-electron chi connectivity index (χ2n) is 3.23. The summed E-state index contributed by atoms with van der Waals surface area (Å²) in [5.74, 6) is 0.0684. The molecule has 0 fully saturated rings. The maximum absolute atomic E-state index is 11.9. The Morgan fingerprint density at radius 1 is 1.39 bits per heavy atom. The number of nitrogens with one attached hydrogen (secondary N) is 1. The van der Waals surface area contributed by atoms with Gasteiger partial charge in [0.2, 0.25) is 0 Å². The molecule has 5 nitrogen and oxygen atoms in total. The Balaban J connectivity index is 2.19. The lowest BCUT2D eigenvalue weighted by Gasteiger charge is -2.05. The Labute approximate surface area is 113 Å². The average Bonchev–Trinajstić information content (AvgIpc) is 2.39. The summed E-state index contributed by atoms with van der Waals surface area (Å²) < 4.78 is 0. The van der Waals surface area contributed by atoms with Gasteiger partial charge in [0.1, 0.15) is 11.0 Å². The molecule has 2 aromatic heterocycles. The van der Waals surface area contributed by atoms with Gasteiger partial charge in [-0.3, -0.25) is 4.79 Å². The number of nitrogens with zero attached hydrogens (tertiary/aromatic N) is 3. The molecule has 0 bridgehead atoms. The third kappa shape index (κ3) is 2.96. The number of pyridine rings is 1. The Kier molecular flexibility index (Phi) is 4.11. The first-order valence-electron chi connectivity index (χ1n) is 4.99. The Bertz CT molecular complexity index is 564. The number of halogens is 1. The SMILES string of the molecule is CSc1ncc(C(=O)Nc2ccccn2)c(Cl)n1. The van der Waals surface area contributed by atoms with Gasteiger partial charge in [0.15, 0.2) is 5.16 Å². The molecule has 2 rings (SSSR count). The van der Waals surface area contributed by atoms with Crippen molar-refractivity contribution in [3.8, 4) is 0 Å². The maximum Gasteiger partial charge on any atom is 0.261 e. The second kappa shape index (κ2) is 5.79. The van der Waals surface area contributed by atoms with Crippen molar-refractivity contribution in [3.63, 3.8) is 0 Å². The molecule has 1 N–H and O–H groups in total. The van der Waals surface area contributed by atoms with E-state index in [4.69, 9.17) is 11.6 Å². The summed E-state index contributed by atoms with van der Waals surface area (Å²) in [4.78, 5) is 23.9. The number of hydrogen-bond donors (Lipinski definition) is 1. The first kappa shape index (κ1) is 12.8. The monoisotopic (exact) mass is 280 g/mol. The normalized spacial score (nSPS) is 10.1. The molecule has 0 spiro atoms. The van der Waals surface area contributed by atoms with Gasteiger partial charge >= 0.3 is 0 Å². The molecule has 92 valence electrons. The fraction of sp³-hybridized carbons (Fsp3) is 0.0909. The maximum atomic E-state index is 11.9. The van der Waals surface area contributed by atoms with E-state index < -0.39 is 0 Å². The Hall–Kier alpha value is -1.66. The van der Waals surface area contributed by atoms with E-state index >= 15 is 0 Å². The molecule has 0 saturated carbocycles. The summed E-state index contributed by atoms with van der Waals surface area (Å²) in [6.45, 7) is 0. The van der Waals surface area contributed by atoms with Crippen molar-refractivity contribution in [2.45, 2.75) is 5.16 Å². The molecule has 18 heavy (non-hydrogen) atoms. The summed E-state index contributed by atoms with van der Waals surface area (Å²) >= 11 is 7.28. The molecule has 0 unspecified atom stereocenters. The van der Waals surface area contributed by atoms with Gasteiger partial charge in [-0.05, 0) is 18.4 Å². The molecular formula is C11H9ClN4OS. The molecule has 2 heterocycles. The lowest BCUT2D eigenvalue weighted by molar-refractivity contribution is 0.102. The van der Waals surface area contributed by atoms with Gasteiger partial charge < -0.3 is 5.32 Å². The highest BCUT2D eigenvalue weighted by Gasteiger charge is 2.13. The Morgan fingerprint density at radius 2 is 2.22 bits per heavy atom. The molecule has 0 aromatic carbocycles. The fourth-order valence-electron chi connectivity index (χ4n) is 1.22. The number of carbonyl (C=O) groups is 1. The van der Waals surface area contributed by atoms with E-state index in [1.165, 1.54) is 18.0 Å². The van der Waals surface area contributed by atoms with Crippen LogP contribution in [0.15, 0.2) is 35.7 Å². The van der Waals surface area contributed by atoms with Crippen molar-refractivity contribution in [1.29, 1.82) is 0 Å². The molecule has 0 aliphatic rings. The van der Waals surface area contributed by atoms with E-state index in [-0.39, 0.29) is 16.6 Å². The van der Waals surface area contributed by atoms with Crippen molar-refractivity contribution in [3.05, 3.63) is 41.3 Å². The highest BCUT2D eigenvalue weighted by molar-refractivity contribution is 7.98. The molecule has 7 heteroatoms. The quantitative estimate of drug-likeness (QED) is 0.531. The zero-order valence-corrected chi connectivity index (χ0v) is 11.0. The van der Waals surface area contributed by atoms with Crippen molar-refractivity contribution in [2.75, 3.05) is 11.6 Å². The summed E-state index contributed by atoms with van der Waals surface area (Å²) in [7, 11) is 0. The minimum Gasteiger partial charge on any atom is -0.306 e. The summed E-state index contributed by atoms with van der Waals surface area (Å²) in [6.07, 6.45) is 4.82. The van der Waals surface area contributed by atoms with Gasteiger partial charge in [-0.1, -0.05) is 29.4 Å². The first-order chi connectivity index (χ1) is 8.70. The van der Waals surface area contributed by atoms with Crippen LogP contribution in [-0.2, 0) is 0 Å². The zero-order valence-electron chi connectivity index (χ0n) is 9.42. The van der Waals surface area contributed by atoms with Crippen LogP contribution in [0.5, 0.6) is 0 Å². The van der Waals surface area contributed by atoms with E-state index in [0.29, 0.717) is 11.0 Å². The van der Waals surface area contributed by atoms with Gasteiger partial charge in [0, 0.05) is 12.4 Å². The predicted molar refractivity (Wildman–Crippen MR) is 71.0 cm³/mol. The number of amides is 1. The van der Waals surface area contributed by atoms with Crippen molar-refractivity contribution in [2.24, 2.45) is 0 Å². The minimum atomic E-state index is -0.383. The molecule has 2 aromatic rings. The topological polar surface area (TPSA) is 67.8 Å². The number of carbonyl (C=O) groups excluding carboxylic acids is 1. The van der Waals surface area contributed by atoms with Crippen LogP contribution in [0.2, 0.25) is 5.15 Å². The van der Waals surface area contributed by atoms with Crippen LogP contribution in [0, 0.1) is 0 Å². The molecule has 0 radical (unpaired) electrons. The van der Waals surface area contributed by atoms with Crippen molar-refractivity contribution in [1.82, 2.24) is 15.0 Å². The molecule has 1 amide bonds. The van der Waals surface area contributed by atoms with Gasteiger partial charge in [-0.2, -0.15) is 0 Å². The zero-order chi connectivity index (χ0) is 13.0. The second-order valence-corrected chi connectivity index (χ2v) is 4.36. The van der Waals surface area contributed by atoms with Crippen molar-refractivity contribution >= 4 is 35.1 Å². The number of hydrogen-bond acceptors (Lipinski definition) is 5. The lowest BCUT2D eigenvalue weighted by atomic mass is 10.3. The van der Waals surface area contributed by atoms with Crippen LogP contribution in [0.1, 0.15) is 10.4 Å². The lowest BCUT2D eigenvalue weighted by Crippen LogP contribution is -2.14. The van der Waals surface area contributed by atoms with E-state index in [2.05, 4.69) is 20.3 Å². The van der Waals surface area contributed by atoms with E-state index in [1.54, 1.807) is 24.4 Å². The number of anilines is 1. The molecule has 0 atom stereocenters. The predicted octanol–water partition coefficient (Wildman–Crippen LogP) is 2.50. The van der Waals surface area contributed by atoms with Gasteiger partial charge in [-0.25, -0.2) is 15.0 Å². The van der Waals surface area contributed by atoms with Gasteiger partial charge in [-0.15, -0.1) is 0 Å². The fourth-order valence-corrected chi connectivity index (χ4v) is 1.82. The molecule has 0 saturated heterocycles. The third-order valence-electron chi connectivity index (χ3n) is 2.05. The van der Waals surface area contributed by atoms with Crippen LogP contribution < -0.4 is 5.32 Å².